The molecule has 0 aliphatic carbocycles. The minimum Gasteiger partial charge on any atom is -0.493 e. The molecule has 0 saturated carbocycles. The highest BCUT2D eigenvalue weighted by Crippen LogP contribution is 2.56. The lowest BCUT2D eigenvalue weighted by atomic mass is 10.1. The fraction of sp³-hybridized carbons (Fsp3) is 0.143. The monoisotopic (exact) mass is 398 g/mol. The minimum atomic E-state index is -3.96. The van der Waals surface area contributed by atoms with Crippen molar-refractivity contribution in [3.63, 3.8) is 0 Å². The molecule has 6 heteroatoms. The second-order valence-corrected chi connectivity index (χ2v) is 10.0. The largest absolute Gasteiger partial charge is 0.493 e. The van der Waals surface area contributed by atoms with Gasteiger partial charge in [-0.25, -0.2) is 0 Å². The lowest BCUT2D eigenvalue weighted by Crippen LogP contribution is -2.08. The van der Waals surface area contributed by atoms with Crippen LogP contribution in [0.25, 0.3) is 26.3 Å². The van der Waals surface area contributed by atoms with Gasteiger partial charge in [0.25, 0.3) is 10.1 Å². The molecular formula is C21H19O4PS. The van der Waals surface area contributed by atoms with Gasteiger partial charge >= 0.3 is 0 Å². The molecule has 0 radical (unpaired) electrons. The zero-order valence-corrected chi connectivity index (χ0v) is 16.3. The smallest absolute Gasteiger partial charge is 0.264 e. The van der Waals surface area contributed by atoms with Crippen molar-refractivity contribution in [3.05, 3.63) is 72.8 Å². The van der Waals surface area contributed by atoms with E-state index in [0.717, 1.165) is 11.1 Å². The number of hydrogen-bond donors (Lipinski definition) is 1. The van der Waals surface area contributed by atoms with Crippen LogP contribution in [0.5, 0.6) is 5.75 Å². The molecule has 1 aromatic heterocycles. The van der Waals surface area contributed by atoms with Crippen LogP contribution in [-0.2, 0) is 10.1 Å². The SMILES string of the molecule is O=S(=O)(O)CCCOc1cccc2c1c1ccccc1p2-c1ccccc1. The van der Waals surface area contributed by atoms with E-state index in [1.807, 2.05) is 24.3 Å². The molecule has 4 aromatic rings. The predicted molar refractivity (Wildman–Crippen MR) is 112 cm³/mol. The van der Waals surface area contributed by atoms with Crippen molar-refractivity contribution in [2.24, 2.45) is 0 Å². The summed E-state index contributed by atoms with van der Waals surface area (Å²) in [4.78, 5) is 0. The van der Waals surface area contributed by atoms with E-state index in [1.54, 1.807) is 0 Å². The fourth-order valence-corrected chi connectivity index (χ4v) is 6.51. The Labute approximate surface area is 159 Å². The predicted octanol–water partition coefficient (Wildman–Crippen LogP) is 5.63. The van der Waals surface area contributed by atoms with Gasteiger partial charge in [-0.15, -0.1) is 0 Å². The summed E-state index contributed by atoms with van der Waals surface area (Å²) in [5.41, 5.74) is 0. The van der Waals surface area contributed by atoms with E-state index in [0.29, 0.717) is 0 Å². The van der Waals surface area contributed by atoms with Gasteiger partial charge in [-0.05, 0) is 29.2 Å². The van der Waals surface area contributed by atoms with Crippen LogP contribution in [-0.4, -0.2) is 25.3 Å². The molecule has 27 heavy (non-hydrogen) atoms. The third kappa shape index (κ3) is 3.72. The highest BCUT2D eigenvalue weighted by Gasteiger charge is 2.16. The Bertz CT molecular complexity index is 1200. The molecule has 0 aliphatic rings. The molecule has 3 aromatic carbocycles. The second-order valence-electron chi connectivity index (χ2n) is 6.33. The van der Waals surface area contributed by atoms with Gasteiger partial charge in [-0.1, -0.05) is 68.2 Å². The Morgan fingerprint density at radius 3 is 2.33 bits per heavy atom. The Morgan fingerprint density at radius 1 is 0.852 bits per heavy atom. The standard InChI is InChI=1S/C21H19O4PS/c22-27(23,24)15-7-14-25-18-11-6-13-20-21(18)17-10-4-5-12-19(17)26(20)16-8-2-1-3-9-16/h1-6,8-13H,7,14-15H2,(H,22,23,24). The highest BCUT2D eigenvalue weighted by atomic mass is 32.2. The second kappa shape index (κ2) is 7.35. The molecule has 138 valence electrons. The van der Waals surface area contributed by atoms with Gasteiger partial charge in [-0.3, -0.25) is 4.55 Å². The van der Waals surface area contributed by atoms with Gasteiger partial charge in [0.1, 0.15) is 5.75 Å². The topological polar surface area (TPSA) is 63.6 Å². The van der Waals surface area contributed by atoms with E-state index >= 15 is 0 Å². The van der Waals surface area contributed by atoms with Gasteiger partial charge in [-0.2, -0.15) is 8.42 Å². The van der Waals surface area contributed by atoms with Crippen molar-refractivity contribution in [2.45, 2.75) is 6.42 Å². The normalized spacial score (nSPS) is 12.6. The highest BCUT2D eigenvalue weighted by molar-refractivity contribution is 7.85. The Hall–Kier alpha value is -2.33. The molecule has 0 amide bonds. The van der Waals surface area contributed by atoms with Crippen LogP contribution in [0.2, 0.25) is 0 Å². The van der Waals surface area contributed by atoms with Crippen LogP contribution >= 0.6 is 7.53 Å². The van der Waals surface area contributed by atoms with Crippen LogP contribution < -0.4 is 4.74 Å². The van der Waals surface area contributed by atoms with Gasteiger partial charge < -0.3 is 4.74 Å². The van der Waals surface area contributed by atoms with Crippen molar-refractivity contribution < 1.29 is 17.7 Å². The summed E-state index contributed by atoms with van der Waals surface area (Å²) in [5.74, 6) is 0.464. The van der Waals surface area contributed by atoms with Gasteiger partial charge in [0.05, 0.1) is 12.4 Å². The molecule has 4 nitrogen and oxygen atoms in total. The zero-order chi connectivity index (χ0) is 18.9. The summed E-state index contributed by atoms with van der Waals surface area (Å²) in [6.07, 6.45) is 0.248. The maximum absolute atomic E-state index is 10.9. The summed E-state index contributed by atoms with van der Waals surface area (Å²) in [6.45, 7) is 0.238. The average Bonchev–Trinajstić information content (AvgIpc) is 3.00. The Morgan fingerprint density at radius 2 is 1.56 bits per heavy atom. The van der Waals surface area contributed by atoms with Crippen LogP contribution in [0.15, 0.2) is 72.8 Å². The van der Waals surface area contributed by atoms with Crippen LogP contribution in [0, 0.1) is 0 Å². The molecule has 4 rings (SSSR count). The first-order valence-corrected chi connectivity index (χ1v) is 11.7. The van der Waals surface area contributed by atoms with E-state index in [4.69, 9.17) is 9.29 Å². The summed E-state index contributed by atoms with van der Waals surface area (Å²) in [7, 11) is -4.60. The zero-order valence-electron chi connectivity index (χ0n) is 14.6. The summed E-state index contributed by atoms with van der Waals surface area (Å²) in [5, 5.41) is 6.12. The van der Waals surface area contributed by atoms with Crippen LogP contribution in [0.1, 0.15) is 6.42 Å². The third-order valence-electron chi connectivity index (χ3n) is 4.48. The number of ether oxygens (including phenoxy) is 1. The molecule has 0 saturated heterocycles. The van der Waals surface area contributed by atoms with E-state index < -0.39 is 17.7 Å². The summed E-state index contributed by atoms with van der Waals surface area (Å²) < 4.78 is 36.6. The number of benzene rings is 3. The molecule has 1 atom stereocenters. The first-order valence-electron chi connectivity index (χ1n) is 8.70. The molecule has 1 N–H and O–H groups in total. The third-order valence-corrected chi connectivity index (χ3v) is 7.82. The molecule has 0 fully saturated rings. The maximum atomic E-state index is 10.9. The lowest BCUT2D eigenvalue weighted by Gasteiger charge is -2.08. The van der Waals surface area contributed by atoms with Crippen molar-refractivity contribution >= 4 is 38.7 Å². The minimum absolute atomic E-state index is 0.238. The van der Waals surface area contributed by atoms with Gasteiger partial charge in [0.2, 0.25) is 0 Å². The first kappa shape index (κ1) is 18.1. The molecular weight excluding hydrogens is 379 g/mol. The maximum Gasteiger partial charge on any atom is 0.264 e. The van der Waals surface area contributed by atoms with E-state index in [2.05, 4.69) is 48.5 Å². The van der Waals surface area contributed by atoms with Crippen molar-refractivity contribution in [3.8, 4) is 11.1 Å². The van der Waals surface area contributed by atoms with E-state index in [1.165, 1.54) is 20.9 Å². The van der Waals surface area contributed by atoms with E-state index in [-0.39, 0.29) is 18.8 Å². The number of fused-ring (bicyclic) bond motifs is 3. The van der Waals surface area contributed by atoms with Crippen LogP contribution in [0.4, 0.5) is 0 Å². The molecule has 0 spiro atoms. The average molecular weight is 398 g/mol. The molecule has 1 heterocycles. The summed E-state index contributed by atoms with van der Waals surface area (Å²) in [6, 6.07) is 24.9. The van der Waals surface area contributed by atoms with Crippen molar-refractivity contribution in [2.75, 3.05) is 12.4 Å². The van der Waals surface area contributed by atoms with Gasteiger partial charge in [0, 0.05) is 15.6 Å². The Kier molecular flexibility index (Phi) is 4.92. The lowest BCUT2D eigenvalue weighted by molar-refractivity contribution is 0.320. The quantitative estimate of drug-likeness (QED) is 0.338. The molecule has 1 unspecified atom stereocenters. The van der Waals surface area contributed by atoms with E-state index in [9.17, 15) is 8.42 Å². The number of rotatable bonds is 6. The van der Waals surface area contributed by atoms with Gasteiger partial charge in [0.15, 0.2) is 0 Å². The summed E-state index contributed by atoms with van der Waals surface area (Å²) >= 11 is 0. The van der Waals surface area contributed by atoms with Crippen molar-refractivity contribution in [1.82, 2.24) is 0 Å². The number of hydrogen-bond acceptors (Lipinski definition) is 3. The first-order chi connectivity index (χ1) is 13.0. The van der Waals surface area contributed by atoms with Crippen LogP contribution in [0.3, 0.4) is 0 Å². The molecule has 0 bridgehead atoms. The van der Waals surface area contributed by atoms with Crippen molar-refractivity contribution in [1.29, 1.82) is 0 Å². The molecule has 0 aliphatic heterocycles. The fourth-order valence-electron chi connectivity index (χ4n) is 3.39. The Balaban J connectivity index is 1.81.